The van der Waals surface area contributed by atoms with Gasteiger partial charge in [0.2, 0.25) is 0 Å². The first kappa shape index (κ1) is 12.5. The molecule has 1 aromatic carbocycles. The summed E-state index contributed by atoms with van der Waals surface area (Å²) < 4.78 is 13.0. The van der Waals surface area contributed by atoms with Crippen LogP contribution in [-0.4, -0.2) is 5.78 Å². The number of hydrogen-bond acceptors (Lipinski definition) is 1. The lowest BCUT2D eigenvalue weighted by Crippen LogP contribution is -2.02. The van der Waals surface area contributed by atoms with Crippen LogP contribution in [0.5, 0.6) is 0 Å². The first-order valence-electron chi connectivity index (χ1n) is 6.07. The van der Waals surface area contributed by atoms with Crippen LogP contribution in [-0.2, 0) is 6.42 Å². The second-order valence-corrected chi connectivity index (χ2v) is 4.23. The van der Waals surface area contributed by atoms with E-state index in [2.05, 4.69) is 6.92 Å². The third kappa shape index (κ3) is 2.83. The van der Waals surface area contributed by atoms with Gasteiger partial charge in [-0.15, -0.1) is 0 Å². The molecule has 0 fully saturated rings. The molecule has 0 amide bonds. The number of rotatable bonds is 3. The molecule has 0 spiro atoms. The minimum atomic E-state index is -0.320. The van der Waals surface area contributed by atoms with E-state index in [0.29, 0.717) is 17.6 Å². The second kappa shape index (κ2) is 5.58. The maximum atomic E-state index is 13.0. The SMILES string of the molecule is CCc1ccc(C(=O)C2=CC=C(F)C=CC2)cc1. The van der Waals surface area contributed by atoms with Crippen molar-refractivity contribution in [2.24, 2.45) is 0 Å². The average Bonchev–Trinajstić information content (AvgIpc) is 2.63. The summed E-state index contributed by atoms with van der Waals surface area (Å²) in [5.41, 5.74) is 2.47. The number of carbonyl (C=O) groups is 1. The number of allylic oxidation sites excluding steroid dienone is 6. The average molecular weight is 242 g/mol. The Labute approximate surface area is 106 Å². The van der Waals surface area contributed by atoms with Crippen molar-refractivity contribution >= 4 is 5.78 Å². The molecule has 0 aliphatic heterocycles. The van der Waals surface area contributed by atoms with Crippen molar-refractivity contribution in [1.82, 2.24) is 0 Å². The molecule has 0 saturated heterocycles. The predicted molar refractivity (Wildman–Crippen MR) is 71.2 cm³/mol. The molecule has 0 bridgehead atoms. The van der Waals surface area contributed by atoms with Crippen molar-refractivity contribution in [1.29, 1.82) is 0 Å². The zero-order valence-corrected chi connectivity index (χ0v) is 10.3. The Morgan fingerprint density at radius 3 is 2.61 bits per heavy atom. The van der Waals surface area contributed by atoms with E-state index in [1.807, 2.05) is 24.3 Å². The molecule has 1 nitrogen and oxygen atoms in total. The molecule has 1 aromatic rings. The van der Waals surface area contributed by atoms with Crippen LogP contribution in [0.4, 0.5) is 4.39 Å². The van der Waals surface area contributed by atoms with Crippen LogP contribution in [0.3, 0.4) is 0 Å². The van der Waals surface area contributed by atoms with Gasteiger partial charge in [0.25, 0.3) is 0 Å². The second-order valence-electron chi connectivity index (χ2n) is 4.23. The standard InChI is InChI=1S/C16H15FO/c1-2-12-6-8-14(9-7-12)16(18)13-4-3-5-15(17)11-10-13/h3,5-11H,2,4H2,1H3. The van der Waals surface area contributed by atoms with Crippen molar-refractivity contribution in [3.05, 3.63) is 71.1 Å². The van der Waals surface area contributed by atoms with E-state index in [-0.39, 0.29) is 11.6 Å². The molecular weight excluding hydrogens is 227 g/mol. The van der Waals surface area contributed by atoms with Crippen LogP contribution >= 0.6 is 0 Å². The van der Waals surface area contributed by atoms with E-state index >= 15 is 0 Å². The van der Waals surface area contributed by atoms with Gasteiger partial charge in [0, 0.05) is 11.1 Å². The molecule has 0 N–H and O–H groups in total. The first-order chi connectivity index (χ1) is 8.70. The van der Waals surface area contributed by atoms with E-state index in [1.165, 1.54) is 17.7 Å². The Morgan fingerprint density at radius 1 is 1.22 bits per heavy atom. The Balaban J connectivity index is 2.23. The third-order valence-electron chi connectivity index (χ3n) is 2.97. The number of carbonyl (C=O) groups excluding carboxylic acids is 1. The van der Waals surface area contributed by atoms with Crippen molar-refractivity contribution in [3.8, 4) is 0 Å². The molecule has 2 heteroatoms. The summed E-state index contributed by atoms with van der Waals surface area (Å²) in [6.07, 6.45) is 7.37. The highest BCUT2D eigenvalue weighted by Gasteiger charge is 2.11. The van der Waals surface area contributed by atoms with Gasteiger partial charge in [0.15, 0.2) is 5.78 Å². The van der Waals surface area contributed by atoms with Crippen molar-refractivity contribution in [2.75, 3.05) is 0 Å². The Hall–Kier alpha value is -1.96. The minimum absolute atomic E-state index is 0.0340. The van der Waals surface area contributed by atoms with E-state index in [4.69, 9.17) is 0 Å². The number of benzene rings is 1. The van der Waals surface area contributed by atoms with E-state index in [1.54, 1.807) is 12.2 Å². The topological polar surface area (TPSA) is 17.1 Å². The van der Waals surface area contributed by atoms with Gasteiger partial charge in [-0.1, -0.05) is 43.3 Å². The molecule has 0 aromatic heterocycles. The van der Waals surface area contributed by atoms with E-state index < -0.39 is 0 Å². The largest absolute Gasteiger partial charge is 0.289 e. The smallest absolute Gasteiger partial charge is 0.189 e. The van der Waals surface area contributed by atoms with Crippen LogP contribution in [0.25, 0.3) is 0 Å². The monoisotopic (exact) mass is 242 g/mol. The van der Waals surface area contributed by atoms with Gasteiger partial charge >= 0.3 is 0 Å². The van der Waals surface area contributed by atoms with Gasteiger partial charge in [0.1, 0.15) is 5.83 Å². The van der Waals surface area contributed by atoms with Crippen LogP contribution in [0.1, 0.15) is 29.3 Å². The van der Waals surface area contributed by atoms with Crippen LogP contribution < -0.4 is 0 Å². The third-order valence-corrected chi connectivity index (χ3v) is 2.97. The van der Waals surface area contributed by atoms with E-state index in [9.17, 15) is 9.18 Å². The zero-order valence-electron chi connectivity index (χ0n) is 10.3. The summed E-state index contributed by atoms with van der Waals surface area (Å²) >= 11 is 0. The Kier molecular flexibility index (Phi) is 3.88. The number of Topliss-reactive ketones (excluding diaryl/α,β-unsaturated/α-hetero) is 1. The molecule has 0 unspecified atom stereocenters. The first-order valence-corrected chi connectivity index (χ1v) is 6.07. The molecule has 0 heterocycles. The summed E-state index contributed by atoms with van der Waals surface area (Å²) in [6.45, 7) is 2.07. The zero-order chi connectivity index (χ0) is 13.0. The molecule has 18 heavy (non-hydrogen) atoms. The Bertz CT molecular complexity index is 533. The quantitative estimate of drug-likeness (QED) is 0.727. The summed E-state index contributed by atoms with van der Waals surface area (Å²) in [5.74, 6) is -0.354. The molecule has 1 aliphatic carbocycles. The van der Waals surface area contributed by atoms with Crippen molar-refractivity contribution in [2.45, 2.75) is 19.8 Å². The summed E-state index contributed by atoms with van der Waals surface area (Å²) in [7, 11) is 0. The van der Waals surface area contributed by atoms with E-state index in [0.717, 1.165) is 6.42 Å². The normalized spacial score (nSPS) is 14.8. The molecule has 92 valence electrons. The maximum absolute atomic E-state index is 13.0. The minimum Gasteiger partial charge on any atom is -0.289 e. The van der Waals surface area contributed by atoms with Crippen molar-refractivity contribution < 1.29 is 9.18 Å². The number of ketones is 1. The van der Waals surface area contributed by atoms with Crippen LogP contribution in [0.15, 0.2) is 60.0 Å². The van der Waals surface area contributed by atoms with Gasteiger partial charge in [-0.05, 0) is 30.6 Å². The highest BCUT2D eigenvalue weighted by atomic mass is 19.1. The molecule has 1 aliphatic rings. The van der Waals surface area contributed by atoms with Gasteiger partial charge in [-0.3, -0.25) is 4.79 Å². The van der Waals surface area contributed by atoms with Crippen molar-refractivity contribution in [3.63, 3.8) is 0 Å². The summed E-state index contributed by atoms with van der Waals surface area (Å²) in [4.78, 5) is 12.2. The van der Waals surface area contributed by atoms with Gasteiger partial charge in [-0.25, -0.2) is 4.39 Å². The fourth-order valence-electron chi connectivity index (χ4n) is 1.85. The maximum Gasteiger partial charge on any atom is 0.189 e. The number of aryl methyl sites for hydroxylation is 1. The molecule has 2 rings (SSSR count). The summed E-state index contributed by atoms with van der Waals surface area (Å²) in [6, 6.07) is 7.57. The number of halogens is 1. The predicted octanol–water partition coefficient (Wildman–Crippen LogP) is 4.17. The van der Waals surface area contributed by atoms with Gasteiger partial charge in [-0.2, -0.15) is 0 Å². The molecular formula is C16H15FO. The van der Waals surface area contributed by atoms with Crippen LogP contribution in [0, 0.1) is 0 Å². The summed E-state index contributed by atoms with van der Waals surface area (Å²) in [5, 5.41) is 0. The number of hydrogen-bond donors (Lipinski definition) is 0. The lowest BCUT2D eigenvalue weighted by atomic mass is 9.99. The Morgan fingerprint density at radius 2 is 1.94 bits per heavy atom. The van der Waals surface area contributed by atoms with Crippen LogP contribution in [0.2, 0.25) is 0 Å². The lowest BCUT2D eigenvalue weighted by Gasteiger charge is -2.04. The molecule has 0 radical (unpaired) electrons. The molecule has 0 atom stereocenters. The lowest BCUT2D eigenvalue weighted by molar-refractivity contribution is 0.103. The van der Waals surface area contributed by atoms with Gasteiger partial charge in [0.05, 0.1) is 0 Å². The fraction of sp³-hybridized carbons (Fsp3) is 0.188. The highest BCUT2D eigenvalue weighted by Crippen LogP contribution is 2.17. The molecule has 0 saturated carbocycles. The fourth-order valence-corrected chi connectivity index (χ4v) is 1.85. The van der Waals surface area contributed by atoms with Gasteiger partial charge < -0.3 is 0 Å². The highest BCUT2D eigenvalue weighted by molar-refractivity contribution is 6.09.